The minimum atomic E-state index is -1.28. The van der Waals surface area contributed by atoms with Crippen molar-refractivity contribution in [2.45, 2.75) is 199 Å². The predicted molar refractivity (Wildman–Crippen MR) is 166 cm³/mol. The van der Waals surface area contributed by atoms with Crippen molar-refractivity contribution in [2.75, 3.05) is 0 Å². The van der Waals surface area contributed by atoms with E-state index in [0.29, 0.717) is 6.42 Å². The zero-order chi connectivity index (χ0) is 28.1. The number of rotatable bonds is 30. The zero-order valence-electron chi connectivity index (χ0n) is 25.7. The number of ketones is 1. The number of carbonyl (C=O) groups excluding carboxylic acids is 1. The van der Waals surface area contributed by atoms with Gasteiger partial charge in [-0.1, -0.05) is 167 Å². The van der Waals surface area contributed by atoms with Crippen molar-refractivity contribution in [2.24, 2.45) is 5.73 Å². The van der Waals surface area contributed by atoms with Gasteiger partial charge >= 0.3 is 0 Å². The summed E-state index contributed by atoms with van der Waals surface area (Å²) in [6.07, 6.45) is 33.5. The molecule has 4 N–H and O–H groups in total. The second-order valence-corrected chi connectivity index (χ2v) is 11.7. The molecular weight excluding hydrogens is 470 g/mol. The lowest BCUT2D eigenvalue weighted by Gasteiger charge is -2.21. The van der Waals surface area contributed by atoms with Gasteiger partial charge in [-0.25, -0.2) is 0 Å². The van der Waals surface area contributed by atoms with Crippen LogP contribution < -0.4 is 5.73 Å². The van der Waals surface area contributed by atoms with Gasteiger partial charge in [-0.3, -0.25) is 4.79 Å². The van der Waals surface area contributed by atoms with Gasteiger partial charge in [0.15, 0.2) is 5.78 Å². The van der Waals surface area contributed by atoms with E-state index < -0.39 is 18.2 Å². The number of carbonyl (C=O) groups is 1. The maximum absolute atomic E-state index is 12.3. The summed E-state index contributed by atoms with van der Waals surface area (Å²) in [4.78, 5) is 12.3. The van der Waals surface area contributed by atoms with Crippen LogP contribution in [0.4, 0.5) is 0 Å². The van der Waals surface area contributed by atoms with Crippen LogP contribution in [0, 0.1) is 0 Å². The lowest BCUT2D eigenvalue weighted by atomic mass is 9.97. The molecule has 0 amide bonds. The number of Topliss-reactive ketones (excluding diaryl/α,β-unsaturated/α-hetero) is 1. The van der Waals surface area contributed by atoms with Crippen LogP contribution in [0.5, 0.6) is 0 Å². The van der Waals surface area contributed by atoms with Gasteiger partial charge in [-0.15, -0.1) is 0 Å². The molecule has 226 valence electrons. The fourth-order valence-corrected chi connectivity index (χ4v) is 5.16. The fourth-order valence-electron chi connectivity index (χ4n) is 5.16. The Morgan fingerprint density at radius 1 is 0.579 bits per heavy atom. The smallest absolute Gasteiger partial charge is 0.162 e. The van der Waals surface area contributed by atoms with Gasteiger partial charge in [-0.2, -0.15) is 0 Å². The molecule has 3 atom stereocenters. The molecule has 0 aliphatic rings. The van der Waals surface area contributed by atoms with Gasteiger partial charge in [0.1, 0.15) is 6.10 Å². The molecule has 38 heavy (non-hydrogen) atoms. The number of nitrogens with two attached hydrogens (primary N) is 1. The van der Waals surface area contributed by atoms with E-state index in [4.69, 9.17) is 5.73 Å². The Morgan fingerprint density at radius 3 is 1.32 bits per heavy atom. The average molecular weight is 538 g/mol. The fraction of sp³-hybridized carbons (Fsp3) is 0.912. The Labute approximate surface area is 237 Å². The van der Waals surface area contributed by atoms with Gasteiger partial charge < -0.3 is 15.9 Å². The lowest BCUT2D eigenvalue weighted by Crippen LogP contribution is -2.47. The first-order valence-corrected chi connectivity index (χ1v) is 16.9. The molecule has 0 aliphatic heterocycles. The Kier molecular flexibility index (Phi) is 28.7. The monoisotopic (exact) mass is 538 g/mol. The molecule has 0 fully saturated rings. The molecule has 0 spiro atoms. The highest BCUT2D eigenvalue weighted by Crippen LogP contribution is 2.15. The summed E-state index contributed by atoms with van der Waals surface area (Å²) in [5.74, 6) is -0.238. The number of hydrogen-bond acceptors (Lipinski definition) is 4. The summed E-state index contributed by atoms with van der Waals surface area (Å²) < 4.78 is 0. The molecule has 0 heterocycles. The minimum Gasteiger partial charge on any atom is -0.387 e. The Balaban J connectivity index is 3.65. The van der Waals surface area contributed by atoms with Crippen LogP contribution in [-0.2, 0) is 4.79 Å². The second-order valence-electron chi connectivity index (χ2n) is 11.7. The number of aliphatic hydroxyl groups is 2. The van der Waals surface area contributed by atoms with E-state index in [2.05, 4.69) is 13.8 Å². The van der Waals surface area contributed by atoms with Crippen LogP contribution in [0.25, 0.3) is 0 Å². The summed E-state index contributed by atoms with van der Waals surface area (Å²) in [5.41, 5.74) is 5.98. The third kappa shape index (κ3) is 24.3. The average Bonchev–Trinajstić information content (AvgIpc) is 2.92. The van der Waals surface area contributed by atoms with E-state index in [1.54, 1.807) is 6.08 Å². The molecular formula is C34H67NO3. The Hall–Kier alpha value is -0.710. The van der Waals surface area contributed by atoms with Gasteiger partial charge in [0.2, 0.25) is 0 Å². The van der Waals surface area contributed by atoms with E-state index in [9.17, 15) is 15.0 Å². The molecule has 4 heteroatoms. The molecule has 0 rings (SSSR count). The first-order valence-electron chi connectivity index (χ1n) is 16.9. The normalized spacial score (nSPS) is 14.2. The van der Waals surface area contributed by atoms with E-state index in [-0.39, 0.29) is 5.78 Å². The van der Waals surface area contributed by atoms with Crippen molar-refractivity contribution in [3.8, 4) is 0 Å². The van der Waals surface area contributed by atoms with Crippen LogP contribution in [-0.4, -0.2) is 34.2 Å². The molecule has 0 aromatic heterocycles. The molecule has 0 aromatic carbocycles. The second kappa shape index (κ2) is 29.3. The molecule has 0 saturated heterocycles. The third-order valence-electron chi connectivity index (χ3n) is 7.92. The Bertz CT molecular complexity index is 522. The van der Waals surface area contributed by atoms with Gasteiger partial charge in [0.25, 0.3) is 0 Å². The summed E-state index contributed by atoms with van der Waals surface area (Å²) >= 11 is 0. The standard InChI is InChI=1S/C34H67NO3/c1-3-5-7-9-11-13-15-17-19-21-23-25-27-29-31(36)33(35)34(38)32(37)30-28-26-24-22-20-18-16-14-12-10-8-6-4-2/h27,29,31,33-34,36,38H,3-26,28,30,35H2,1-2H3. The quantitative estimate of drug-likeness (QED) is 0.0629. The van der Waals surface area contributed by atoms with E-state index in [1.807, 2.05) is 6.08 Å². The minimum absolute atomic E-state index is 0.238. The van der Waals surface area contributed by atoms with Crippen molar-refractivity contribution < 1.29 is 15.0 Å². The third-order valence-corrected chi connectivity index (χ3v) is 7.92. The van der Waals surface area contributed by atoms with E-state index in [0.717, 1.165) is 32.1 Å². The molecule has 4 nitrogen and oxygen atoms in total. The van der Waals surface area contributed by atoms with Crippen LogP contribution >= 0.6 is 0 Å². The summed E-state index contributed by atoms with van der Waals surface area (Å²) in [5, 5.41) is 20.6. The van der Waals surface area contributed by atoms with Crippen LogP contribution in [0.3, 0.4) is 0 Å². The molecule has 3 unspecified atom stereocenters. The molecule has 0 saturated carbocycles. The van der Waals surface area contributed by atoms with Gasteiger partial charge in [-0.05, 0) is 19.3 Å². The number of allylic oxidation sites excluding steroid dienone is 1. The topological polar surface area (TPSA) is 83.6 Å². The van der Waals surface area contributed by atoms with Crippen molar-refractivity contribution in [3.05, 3.63) is 12.2 Å². The number of hydrogen-bond donors (Lipinski definition) is 3. The molecule has 0 aliphatic carbocycles. The van der Waals surface area contributed by atoms with E-state index >= 15 is 0 Å². The maximum atomic E-state index is 12.3. The summed E-state index contributed by atoms with van der Waals surface area (Å²) in [7, 11) is 0. The Morgan fingerprint density at radius 2 is 0.921 bits per heavy atom. The first-order chi connectivity index (χ1) is 18.5. The first kappa shape index (κ1) is 37.3. The highest BCUT2D eigenvalue weighted by molar-refractivity contribution is 5.83. The largest absolute Gasteiger partial charge is 0.387 e. The van der Waals surface area contributed by atoms with Crippen LogP contribution in [0.1, 0.15) is 181 Å². The zero-order valence-corrected chi connectivity index (χ0v) is 25.7. The molecule has 0 bridgehead atoms. The summed E-state index contributed by atoms with van der Waals surface area (Å²) in [6, 6.07) is -0.946. The maximum Gasteiger partial charge on any atom is 0.162 e. The highest BCUT2D eigenvalue weighted by Gasteiger charge is 2.26. The van der Waals surface area contributed by atoms with Gasteiger partial charge in [0, 0.05) is 6.42 Å². The number of aliphatic hydroxyl groups excluding tert-OH is 2. The van der Waals surface area contributed by atoms with Crippen molar-refractivity contribution in [1.82, 2.24) is 0 Å². The van der Waals surface area contributed by atoms with Crippen LogP contribution in [0.2, 0.25) is 0 Å². The van der Waals surface area contributed by atoms with E-state index in [1.165, 1.54) is 128 Å². The van der Waals surface area contributed by atoms with Crippen molar-refractivity contribution in [3.63, 3.8) is 0 Å². The van der Waals surface area contributed by atoms with Crippen molar-refractivity contribution in [1.29, 1.82) is 0 Å². The molecule has 0 aromatic rings. The van der Waals surface area contributed by atoms with Crippen molar-refractivity contribution >= 4 is 5.78 Å². The SMILES string of the molecule is CCCCCCCCCCCCCC=CC(O)C(N)C(O)C(=O)CCCCCCCCCCCCCCC. The van der Waals surface area contributed by atoms with Gasteiger partial charge in [0.05, 0.1) is 12.1 Å². The lowest BCUT2D eigenvalue weighted by molar-refractivity contribution is -0.129. The molecule has 0 radical (unpaired) electrons. The predicted octanol–water partition coefficient (Wildman–Crippen LogP) is 9.34. The summed E-state index contributed by atoms with van der Waals surface area (Å²) in [6.45, 7) is 4.52. The highest BCUT2D eigenvalue weighted by atomic mass is 16.3. The number of unbranched alkanes of at least 4 members (excludes halogenated alkanes) is 23. The van der Waals surface area contributed by atoms with Crippen LogP contribution in [0.15, 0.2) is 12.2 Å².